The van der Waals surface area contributed by atoms with Gasteiger partial charge in [0.2, 0.25) is 9.54 Å². The van der Waals surface area contributed by atoms with Crippen LogP contribution in [0, 0.1) is 30.3 Å². The average Bonchev–Trinajstić information content (AvgIpc) is 3.09. The minimum atomic E-state index is 0.0448. The second-order valence-electron chi connectivity index (χ2n) is 5.56. The molecule has 11 heteroatoms. The molecule has 0 saturated carbocycles. The summed E-state index contributed by atoms with van der Waals surface area (Å²) >= 11 is 10.2. The van der Waals surface area contributed by atoms with Crippen LogP contribution in [0.1, 0.15) is 28.3 Å². The lowest BCUT2D eigenvalue weighted by Gasteiger charge is -2.05. The highest BCUT2D eigenvalue weighted by atomic mass is 32.1. The molecule has 9 nitrogen and oxygen atoms in total. The molecule has 0 radical (unpaired) electrons. The number of rotatable bonds is 4. The lowest BCUT2D eigenvalue weighted by Crippen LogP contribution is -1.98. The Morgan fingerprint density at radius 1 is 0.923 bits per heavy atom. The molecule has 1 aromatic carbocycles. The maximum atomic E-state index is 10.5. The van der Waals surface area contributed by atoms with Gasteiger partial charge in [-0.1, -0.05) is 0 Å². The Hall–Kier alpha value is -2.92. The van der Waals surface area contributed by atoms with Crippen LogP contribution in [0.4, 0.5) is 0 Å². The van der Waals surface area contributed by atoms with Crippen LogP contribution in [0.5, 0.6) is 5.75 Å². The molecular formula is C15H16N8OS2. The van der Waals surface area contributed by atoms with Crippen LogP contribution in [0.2, 0.25) is 0 Å². The van der Waals surface area contributed by atoms with Crippen LogP contribution in [-0.2, 0) is 0 Å². The number of aromatic hydroxyl groups is 1. The maximum Gasteiger partial charge on any atom is 0.216 e. The third-order valence-electron chi connectivity index (χ3n) is 3.56. The highest BCUT2D eigenvalue weighted by Gasteiger charge is 2.07. The van der Waals surface area contributed by atoms with Crippen molar-refractivity contribution in [2.24, 2.45) is 10.2 Å². The molecule has 0 aliphatic carbocycles. The number of nitrogens with one attached hydrogen (secondary N) is 2. The number of hydrogen-bond acceptors (Lipinski definition) is 7. The lowest BCUT2D eigenvalue weighted by atomic mass is 10.1. The van der Waals surface area contributed by atoms with E-state index in [0.29, 0.717) is 32.3 Å². The second kappa shape index (κ2) is 7.14. The molecule has 2 aromatic heterocycles. The lowest BCUT2D eigenvalue weighted by molar-refractivity contribution is 0.473. The van der Waals surface area contributed by atoms with Crippen molar-refractivity contribution < 1.29 is 5.11 Å². The zero-order valence-corrected chi connectivity index (χ0v) is 15.9. The molecule has 0 amide bonds. The van der Waals surface area contributed by atoms with Gasteiger partial charge < -0.3 is 5.11 Å². The van der Waals surface area contributed by atoms with Crippen molar-refractivity contribution in [1.82, 2.24) is 29.7 Å². The topological polar surface area (TPSA) is 112 Å². The van der Waals surface area contributed by atoms with E-state index in [9.17, 15) is 5.11 Å². The molecule has 0 unspecified atom stereocenters. The highest BCUT2D eigenvalue weighted by molar-refractivity contribution is 7.71. The fourth-order valence-corrected chi connectivity index (χ4v) is 2.73. The first-order valence-corrected chi connectivity index (χ1v) is 8.39. The molecule has 0 atom stereocenters. The van der Waals surface area contributed by atoms with E-state index >= 15 is 0 Å². The number of aromatic nitrogens is 6. The summed E-state index contributed by atoms with van der Waals surface area (Å²) in [6.45, 7) is 5.46. The number of hydrogen-bond donors (Lipinski definition) is 3. The van der Waals surface area contributed by atoms with Crippen molar-refractivity contribution in [2.75, 3.05) is 0 Å². The zero-order chi connectivity index (χ0) is 18.8. The summed E-state index contributed by atoms with van der Waals surface area (Å²) in [6.07, 6.45) is 3.04. The van der Waals surface area contributed by atoms with E-state index in [2.05, 4.69) is 30.6 Å². The van der Waals surface area contributed by atoms with E-state index in [1.54, 1.807) is 13.8 Å². The van der Waals surface area contributed by atoms with Gasteiger partial charge in [0.1, 0.15) is 17.4 Å². The van der Waals surface area contributed by atoms with E-state index in [4.69, 9.17) is 24.4 Å². The van der Waals surface area contributed by atoms with Crippen molar-refractivity contribution in [3.63, 3.8) is 0 Å². The zero-order valence-electron chi connectivity index (χ0n) is 14.3. The van der Waals surface area contributed by atoms with Crippen molar-refractivity contribution in [1.29, 1.82) is 0 Å². The molecule has 0 bridgehead atoms. The largest absolute Gasteiger partial charge is 0.507 e. The highest BCUT2D eigenvalue weighted by Crippen LogP contribution is 2.22. The summed E-state index contributed by atoms with van der Waals surface area (Å²) in [5, 5.41) is 32.4. The number of phenols is 1. The number of nitrogens with zero attached hydrogens (tertiary/aromatic N) is 6. The van der Waals surface area contributed by atoms with Gasteiger partial charge in [0, 0.05) is 11.1 Å². The van der Waals surface area contributed by atoms with Crippen molar-refractivity contribution in [2.45, 2.75) is 20.8 Å². The molecule has 0 aliphatic rings. The Balaban J connectivity index is 1.99. The summed E-state index contributed by atoms with van der Waals surface area (Å²) in [5.74, 6) is 1.28. The number of benzene rings is 1. The van der Waals surface area contributed by atoms with Gasteiger partial charge in [-0.2, -0.15) is 29.8 Å². The van der Waals surface area contributed by atoms with Gasteiger partial charge in [0.25, 0.3) is 0 Å². The Morgan fingerprint density at radius 3 is 1.69 bits per heavy atom. The van der Waals surface area contributed by atoms with Gasteiger partial charge in [0.15, 0.2) is 0 Å². The molecular weight excluding hydrogens is 372 g/mol. The van der Waals surface area contributed by atoms with Crippen LogP contribution < -0.4 is 0 Å². The predicted molar refractivity (Wildman–Crippen MR) is 103 cm³/mol. The monoisotopic (exact) mass is 388 g/mol. The third kappa shape index (κ3) is 3.53. The van der Waals surface area contributed by atoms with Crippen LogP contribution in [0.15, 0.2) is 22.3 Å². The van der Waals surface area contributed by atoms with Crippen LogP contribution in [-0.4, -0.2) is 47.3 Å². The first-order valence-electron chi connectivity index (χ1n) is 7.57. The molecule has 0 spiro atoms. The Kier molecular flexibility index (Phi) is 4.91. The molecule has 26 heavy (non-hydrogen) atoms. The number of aromatic amines is 2. The Morgan fingerprint density at radius 2 is 1.35 bits per heavy atom. The number of phenolic OH excluding ortho intramolecular Hbond substituents is 1. The molecule has 134 valence electrons. The first kappa shape index (κ1) is 17.9. The number of aryl methyl sites for hydroxylation is 3. The van der Waals surface area contributed by atoms with E-state index in [-0.39, 0.29) is 5.75 Å². The first-order chi connectivity index (χ1) is 12.4. The Bertz CT molecular complexity index is 1050. The fourth-order valence-electron chi connectivity index (χ4n) is 2.29. The quantitative estimate of drug-likeness (QED) is 0.470. The van der Waals surface area contributed by atoms with Gasteiger partial charge >= 0.3 is 0 Å². The molecule has 3 N–H and O–H groups in total. The predicted octanol–water partition coefficient (Wildman–Crippen LogP) is 2.59. The van der Waals surface area contributed by atoms with Crippen molar-refractivity contribution in [3.05, 3.63) is 50.0 Å². The van der Waals surface area contributed by atoms with Gasteiger partial charge in [-0.3, -0.25) is 10.2 Å². The standard InChI is InChI=1S/C15H16N8OS2/c1-8-4-11(6-16-22-9(2)18-20-14(22)25)13(24)12(5-8)7-17-23-10(3)19-21-15(23)26/h4-7,24H,1-3H3,(H,20,25)(H,21,26)/b16-6-,17-7?. The van der Waals surface area contributed by atoms with E-state index in [1.165, 1.54) is 21.8 Å². The average molecular weight is 388 g/mol. The van der Waals surface area contributed by atoms with E-state index < -0.39 is 0 Å². The van der Waals surface area contributed by atoms with Crippen molar-refractivity contribution >= 4 is 36.9 Å². The SMILES string of the molecule is Cc1cc(C=Nn2c(C)n[nH]c2=S)c(O)c(/C=N\n2c(C)n[nH]c2=S)c1. The summed E-state index contributed by atoms with van der Waals surface area (Å²) in [6, 6.07) is 3.62. The molecule has 3 aromatic rings. The molecule has 3 rings (SSSR count). The van der Waals surface area contributed by atoms with Gasteiger partial charge in [-0.05, 0) is 62.9 Å². The van der Waals surface area contributed by atoms with Gasteiger partial charge in [-0.25, -0.2) is 0 Å². The van der Waals surface area contributed by atoms with Crippen molar-refractivity contribution in [3.8, 4) is 5.75 Å². The fraction of sp³-hybridized carbons (Fsp3) is 0.200. The third-order valence-corrected chi connectivity index (χ3v) is 4.09. The van der Waals surface area contributed by atoms with Crippen LogP contribution in [0.3, 0.4) is 0 Å². The van der Waals surface area contributed by atoms with E-state index in [1.807, 2.05) is 19.1 Å². The molecule has 0 fully saturated rings. The van der Waals surface area contributed by atoms with E-state index in [0.717, 1.165) is 5.56 Å². The van der Waals surface area contributed by atoms with Crippen LogP contribution in [0.25, 0.3) is 0 Å². The summed E-state index contributed by atoms with van der Waals surface area (Å²) in [7, 11) is 0. The second-order valence-corrected chi connectivity index (χ2v) is 6.33. The summed E-state index contributed by atoms with van der Waals surface area (Å²) < 4.78 is 3.69. The maximum absolute atomic E-state index is 10.5. The smallest absolute Gasteiger partial charge is 0.216 e. The minimum absolute atomic E-state index is 0.0448. The molecule has 0 saturated heterocycles. The molecule has 0 aliphatic heterocycles. The summed E-state index contributed by atoms with van der Waals surface area (Å²) in [5.41, 5.74) is 1.99. The van der Waals surface area contributed by atoms with Crippen LogP contribution >= 0.6 is 24.4 Å². The van der Waals surface area contributed by atoms with Gasteiger partial charge in [-0.15, -0.1) is 0 Å². The van der Waals surface area contributed by atoms with Gasteiger partial charge in [0.05, 0.1) is 12.4 Å². The minimum Gasteiger partial charge on any atom is -0.507 e. The number of H-pyrrole nitrogens is 2. The Labute approximate surface area is 158 Å². The molecule has 2 heterocycles. The normalized spacial score (nSPS) is 11.8. The summed E-state index contributed by atoms with van der Waals surface area (Å²) in [4.78, 5) is 0.